The number of para-hydroxylation sites is 3. The SMILES string of the molecule is Brc1cc(-n2c3ccccc3c3cc(-c4ccc5c(c4)c4ccccc4n5-c4ccccc4)ccc32)c2sc3ccccc3c2c1. The van der Waals surface area contributed by atoms with Crippen molar-refractivity contribution in [3.05, 3.63) is 156 Å². The van der Waals surface area contributed by atoms with E-state index in [-0.39, 0.29) is 0 Å². The van der Waals surface area contributed by atoms with Crippen molar-refractivity contribution in [3.63, 3.8) is 0 Å². The number of hydrogen-bond donors (Lipinski definition) is 0. The molecule has 0 saturated heterocycles. The predicted octanol–water partition coefficient (Wildman–Crippen LogP) is 12.7. The summed E-state index contributed by atoms with van der Waals surface area (Å²) in [6.07, 6.45) is 0. The molecule has 46 heavy (non-hydrogen) atoms. The number of hydrogen-bond acceptors (Lipinski definition) is 1. The van der Waals surface area contributed by atoms with E-state index in [1.807, 2.05) is 11.3 Å². The third-order valence-electron chi connectivity index (χ3n) is 9.36. The molecule has 0 atom stereocenters. The van der Waals surface area contributed by atoms with E-state index in [4.69, 9.17) is 0 Å². The molecule has 7 aromatic carbocycles. The molecule has 2 nitrogen and oxygen atoms in total. The van der Waals surface area contributed by atoms with Gasteiger partial charge in [-0.25, -0.2) is 0 Å². The Kier molecular flexibility index (Phi) is 5.63. The summed E-state index contributed by atoms with van der Waals surface area (Å²) in [5, 5.41) is 7.64. The Morgan fingerprint density at radius 1 is 0.413 bits per heavy atom. The number of aromatic nitrogens is 2. The highest BCUT2D eigenvalue weighted by atomic mass is 79.9. The van der Waals surface area contributed by atoms with E-state index in [0.717, 1.165) is 4.47 Å². The number of benzene rings is 7. The quantitative estimate of drug-likeness (QED) is 0.177. The maximum absolute atomic E-state index is 3.85. The second kappa shape index (κ2) is 9.92. The van der Waals surface area contributed by atoms with E-state index in [2.05, 4.69) is 177 Å². The Hall–Kier alpha value is -5.16. The van der Waals surface area contributed by atoms with E-state index < -0.39 is 0 Å². The normalized spacial score (nSPS) is 12.0. The standard InChI is InChI=1S/C42H25BrN2S/c43-28-24-35-32-14-6-9-17-41(32)46-42(35)40(25-28)45-37-16-8-5-13-31(37)34-23-27(19-21-39(34)45)26-18-20-38-33(22-26)30-12-4-7-15-36(30)44(38)29-10-2-1-3-11-29/h1-25H. The first-order valence-corrected chi connectivity index (χ1v) is 17.1. The van der Waals surface area contributed by atoms with Gasteiger partial charge in [-0.1, -0.05) is 101 Å². The van der Waals surface area contributed by atoms with Crippen LogP contribution in [0.25, 0.3) is 86.3 Å². The third-order valence-corrected chi connectivity index (χ3v) is 11.0. The molecular formula is C42H25BrN2S. The van der Waals surface area contributed by atoms with E-state index in [1.165, 1.54) is 86.3 Å². The lowest BCUT2D eigenvalue weighted by Crippen LogP contribution is -1.94. The van der Waals surface area contributed by atoms with E-state index in [1.54, 1.807) is 0 Å². The first-order valence-electron chi connectivity index (χ1n) is 15.5. The molecule has 10 aromatic rings. The second-order valence-electron chi connectivity index (χ2n) is 11.9. The smallest absolute Gasteiger partial charge is 0.0652 e. The molecule has 3 aromatic heterocycles. The Bertz CT molecular complexity index is 2820. The summed E-state index contributed by atoms with van der Waals surface area (Å²) in [4.78, 5) is 0. The highest BCUT2D eigenvalue weighted by Gasteiger charge is 2.19. The fourth-order valence-corrected chi connectivity index (χ4v) is 8.99. The zero-order valence-electron chi connectivity index (χ0n) is 24.6. The lowest BCUT2D eigenvalue weighted by atomic mass is 10.0. The first-order chi connectivity index (χ1) is 22.7. The molecule has 0 radical (unpaired) electrons. The molecule has 0 amide bonds. The van der Waals surface area contributed by atoms with Gasteiger partial charge in [0.2, 0.25) is 0 Å². The molecule has 4 heteroatoms. The molecule has 0 N–H and O–H groups in total. The molecule has 0 unspecified atom stereocenters. The Morgan fingerprint density at radius 3 is 1.65 bits per heavy atom. The molecule has 0 aliphatic rings. The molecule has 216 valence electrons. The van der Waals surface area contributed by atoms with Crippen LogP contribution in [0.5, 0.6) is 0 Å². The van der Waals surface area contributed by atoms with Crippen LogP contribution in [-0.2, 0) is 0 Å². The van der Waals surface area contributed by atoms with Crippen LogP contribution in [0.2, 0.25) is 0 Å². The monoisotopic (exact) mass is 668 g/mol. The molecule has 0 spiro atoms. The molecular weight excluding hydrogens is 644 g/mol. The first kappa shape index (κ1) is 26.1. The highest BCUT2D eigenvalue weighted by molar-refractivity contribution is 9.10. The Morgan fingerprint density at radius 2 is 0.957 bits per heavy atom. The Labute approximate surface area is 277 Å². The highest BCUT2D eigenvalue weighted by Crippen LogP contribution is 2.43. The van der Waals surface area contributed by atoms with Crippen molar-refractivity contribution < 1.29 is 0 Å². The minimum atomic E-state index is 1.09. The van der Waals surface area contributed by atoms with Crippen molar-refractivity contribution in [1.82, 2.24) is 9.13 Å². The van der Waals surface area contributed by atoms with Crippen molar-refractivity contribution in [3.8, 4) is 22.5 Å². The summed E-state index contributed by atoms with van der Waals surface area (Å²) in [7, 11) is 0. The van der Waals surface area contributed by atoms with Crippen molar-refractivity contribution in [1.29, 1.82) is 0 Å². The lowest BCUT2D eigenvalue weighted by molar-refractivity contribution is 1.18. The topological polar surface area (TPSA) is 9.86 Å². The molecule has 0 bridgehead atoms. The van der Waals surface area contributed by atoms with Gasteiger partial charge in [-0.2, -0.15) is 0 Å². The van der Waals surface area contributed by atoms with Crippen molar-refractivity contribution in [2.24, 2.45) is 0 Å². The van der Waals surface area contributed by atoms with Gasteiger partial charge in [0.15, 0.2) is 0 Å². The summed E-state index contributed by atoms with van der Waals surface area (Å²) in [6.45, 7) is 0. The van der Waals surface area contributed by atoms with Gasteiger partial charge in [0.05, 0.1) is 32.5 Å². The second-order valence-corrected chi connectivity index (χ2v) is 13.9. The van der Waals surface area contributed by atoms with Crippen molar-refractivity contribution in [2.75, 3.05) is 0 Å². The number of nitrogens with zero attached hydrogens (tertiary/aromatic N) is 2. The molecule has 0 saturated carbocycles. The number of rotatable bonds is 3. The average molecular weight is 670 g/mol. The van der Waals surface area contributed by atoms with Crippen LogP contribution in [0.3, 0.4) is 0 Å². The van der Waals surface area contributed by atoms with Gasteiger partial charge in [-0.3, -0.25) is 0 Å². The van der Waals surface area contributed by atoms with Crippen molar-refractivity contribution >= 4 is 91.1 Å². The van der Waals surface area contributed by atoms with Crippen molar-refractivity contribution in [2.45, 2.75) is 0 Å². The van der Waals surface area contributed by atoms with Crippen LogP contribution >= 0.6 is 27.3 Å². The largest absolute Gasteiger partial charge is 0.309 e. The predicted molar refractivity (Wildman–Crippen MR) is 201 cm³/mol. The zero-order chi connectivity index (χ0) is 30.4. The maximum Gasteiger partial charge on any atom is 0.0652 e. The van der Waals surface area contributed by atoms with Gasteiger partial charge in [0.1, 0.15) is 0 Å². The maximum atomic E-state index is 3.85. The van der Waals surface area contributed by atoms with Gasteiger partial charge >= 0.3 is 0 Å². The van der Waals surface area contributed by atoms with Gasteiger partial charge < -0.3 is 9.13 Å². The molecule has 10 rings (SSSR count). The van der Waals surface area contributed by atoms with E-state index in [9.17, 15) is 0 Å². The third kappa shape index (κ3) is 3.75. The summed E-state index contributed by atoms with van der Waals surface area (Å²) in [5.41, 5.74) is 9.69. The number of thiophene rings is 1. The minimum Gasteiger partial charge on any atom is -0.309 e. The van der Waals surface area contributed by atoms with Crippen LogP contribution in [0.1, 0.15) is 0 Å². The summed E-state index contributed by atoms with van der Waals surface area (Å²) < 4.78 is 8.52. The van der Waals surface area contributed by atoms with Crippen LogP contribution in [0.15, 0.2) is 156 Å². The van der Waals surface area contributed by atoms with E-state index in [0.29, 0.717) is 0 Å². The average Bonchev–Trinajstić information content (AvgIpc) is 3.75. The van der Waals surface area contributed by atoms with Crippen LogP contribution in [0.4, 0.5) is 0 Å². The van der Waals surface area contributed by atoms with Crippen LogP contribution < -0.4 is 0 Å². The van der Waals surface area contributed by atoms with E-state index >= 15 is 0 Å². The summed E-state index contributed by atoms with van der Waals surface area (Å²) in [5.74, 6) is 0. The lowest BCUT2D eigenvalue weighted by Gasteiger charge is -2.11. The Balaban J connectivity index is 1.21. The fraction of sp³-hybridized carbons (Fsp3) is 0. The number of halogens is 1. The van der Waals surface area contributed by atoms with Crippen LogP contribution in [0, 0.1) is 0 Å². The molecule has 0 aliphatic carbocycles. The summed E-state index contributed by atoms with van der Waals surface area (Å²) >= 11 is 5.72. The molecule has 3 heterocycles. The molecule has 0 aliphatic heterocycles. The van der Waals surface area contributed by atoms with Gasteiger partial charge in [-0.05, 0) is 77.9 Å². The zero-order valence-corrected chi connectivity index (χ0v) is 27.0. The minimum absolute atomic E-state index is 1.09. The number of fused-ring (bicyclic) bond motifs is 9. The molecule has 0 fully saturated rings. The van der Waals surface area contributed by atoms with Crippen LogP contribution in [-0.4, -0.2) is 9.13 Å². The van der Waals surface area contributed by atoms with Gasteiger partial charge in [0.25, 0.3) is 0 Å². The van der Waals surface area contributed by atoms with Gasteiger partial charge in [-0.15, -0.1) is 11.3 Å². The summed E-state index contributed by atoms with van der Waals surface area (Å²) in [6, 6.07) is 55.3. The fourth-order valence-electron chi connectivity index (χ4n) is 7.36. The van der Waals surface area contributed by atoms with Gasteiger partial charge in [0, 0.05) is 47.2 Å².